The zero-order chi connectivity index (χ0) is 14.0. The van der Waals surface area contributed by atoms with Crippen LogP contribution in [0.2, 0.25) is 0 Å². The van der Waals surface area contributed by atoms with Gasteiger partial charge in [-0.05, 0) is 18.8 Å². The molecule has 2 atom stereocenters. The Hall–Kier alpha value is -1.63. The summed E-state index contributed by atoms with van der Waals surface area (Å²) in [5.74, 6) is -1.17. The maximum Gasteiger partial charge on any atom is 0.320 e. The van der Waals surface area contributed by atoms with Gasteiger partial charge in [-0.2, -0.15) is 0 Å². The molecule has 0 aliphatic heterocycles. The summed E-state index contributed by atoms with van der Waals surface area (Å²) in [4.78, 5) is 31.7. The van der Waals surface area contributed by atoms with E-state index in [1.165, 1.54) is 0 Å². The van der Waals surface area contributed by atoms with E-state index in [1.807, 2.05) is 6.92 Å². The first kappa shape index (κ1) is 16.4. The minimum absolute atomic E-state index is 0.0900. The highest BCUT2D eigenvalue weighted by atomic mass is 16.5. The monoisotopic (exact) mass is 260 g/mol. The molecule has 0 heterocycles. The molecule has 0 bridgehead atoms. The normalized spacial score (nSPS) is 13.4. The molecule has 0 rings (SSSR count). The van der Waals surface area contributed by atoms with Gasteiger partial charge in [-0.15, -0.1) is 0 Å². The Morgan fingerprint density at radius 2 is 2.11 bits per heavy atom. The molecular formula is C11H20N2O5. The third-order valence-corrected chi connectivity index (χ3v) is 2.41. The second-order valence-corrected chi connectivity index (χ2v) is 4.16. The third kappa shape index (κ3) is 8.51. The molecule has 7 nitrogen and oxygen atoms in total. The molecule has 0 aliphatic carbocycles. The fraction of sp³-hybridized carbons (Fsp3) is 0.727. The Morgan fingerprint density at radius 3 is 2.67 bits per heavy atom. The molecule has 18 heavy (non-hydrogen) atoms. The van der Waals surface area contributed by atoms with Gasteiger partial charge in [0.2, 0.25) is 5.91 Å². The van der Waals surface area contributed by atoms with Crippen LogP contribution >= 0.6 is 0 Å². The summed E-state index contributed by atoms with van der Waals surface area (Å²) in [6.45, 7) is 3.08. The molecule has 1 amide bonds. The van der Waals surface area contributed by atoms with E-state index in [4.69, 9.17) is 10.8 Å². The maximum atomic E-state index is 11.3. The molecule has 0 saturated heterocycles. The van der Waals surface area contributed by atoms with Gasteiger partial charge >= 0.3 is 5.97 Å². The van der Waals surface area contributed by atoms with E-state index in [1.54, 1.807) is 0 Å². The summed E-state index contributed by atoms with van der Waals surface area (Å²) in [5.41, 5.74) is 5.27. The average Bonchev–Trinajstić information content (AvgIpc) is 2.33. The van der Waals surface area contributed by atoms with Crippen LogP contribution in [0, 0.1) is 5.92 Å². The number of ether oxygens (including phenoxy) is 1. The quantitative estimate of drug-likeness (QED) is 0.455. The predicted octanol–water partition coefficient (Wildman–Crippen LogP) is -0.506. The number of carbonyl (C=O) groups excluding carboxylic acids is 2. The molecule has 4 N–H and O–H groups in total. The second kappa shape index (κ2) is 9.41. The molecule has 7 heteroatoms. The number of nitrogens with two attached hydrogens (primary N) is 1. The molecule has 0 radical (unpaired) electrons. The largest absolute Gasteiger partial charge is 0.480 e. The molecule has 0 aromatic rings. The van der Waals surface area contributed by atoms with Gasteiger partial charge in [-0.1, -0.05) is 6.92 Å². The highest BCUT2D eigenvalue weighted by Gasteiger charge is 2.13. The van der Waals surface area contributed by atoms with E-state index >= 15 is 0 Å². The van der Waals surface area contributed by atoms with E-state index in [-0.39, 0.29) is 24.7 Å². The van der Waals surface area contributed by atoms with Crippen molar-refractivity contribution in [2.75, 3.05) is 13.2 Å². The summed E-state index contributed by atoms with van der Waals surface area (Å²) in [6.07, 6.45) is 0.891. The van der Waals surface area contributed by atoms with E-state index in [0.29, 0.717) is 26.0 Å². The number of hydrogen-bond acceptors (Lipinski definition) is 5. The molecule has 0 aromatic heterocycles. The Labute approximate surface area is 106 Å². The van der Waals surface area contributed by atoms with Gasteiger partial charge < -0.3 is 20.9 Å². The van der Waals surface area contributed by atoms with Crippen LogP contribution in [0.15, 0.2) is 0 Å². The molecule has 0 aliphatic rings. The minimum atomic E-state index is -1.11. The highest BCUT2D eigenvalue weighted by Crippen LogP contribution is 2.01. The highest BCUT2D eigenvalue weighted by molar-refractivity contribution is 5.78. The van der Waals surface area contributed by atoms with Gasteiger partial charge in [0.15, 0.2) is 0 Å². The molecule has 0 spiro atoms. The first-order valence-electron chi connectivity index (χ1n) is 5.77. The maximum absolute atomic E-state index is 11.3. The van der Waals surface area contributed by atoms with Crippen molar-refractivity contribution in [2.45, 2.75) is 32.2 Å². The Kier molecular flexibility index (Phi) is 8.55. The lowest BCUT2D eigenvalue weighted by Gasteiger charge is -2.11. The number of nitrogens with one attached hydrogen (secondary N) is 1. The minimum Gasteiger partial charge on any atom is -0.480 e. The smallest absolute Gasteiger partial charge is 0.320 e. The molecule has 104 valence electrons. The first-order valence-corrected chi connectivity index (χ1v) is 5.77. The SMILES string of the molecule is CC(CCNC(=O)CC[C@H](N)C(=O)O)COC=O. The first-order chi connectivity index (χ1) is 8.47. The van der Waals surface area contributed by atoms with Gasteiger partial charge in [-0.25, -0.2) is 0 Å². The van der Waals surface area contributed by atoms with E-state index in [0.717, 1.165) is 0 Å². The number of carbonyl (C=O) groups is 3. The van der Waals surface area contributed by atoms with Crippen LogP contribution in [-0.4, -0.2) is 42.6 Å². The molecular weight excluding hydrogens is 240 g/mol. The van der Waals surface area contributed by atoms with Crippen molar-refractivity contribution in [3.63, 3.8) is 0 Å². The number of aliphatic carboxylic acids is 1. The van der Waals surface area contributed by atoms with Crippen LogP contribution in [0.25, 0.3) is 0 Å². The molecule has 0 fully saturated rings. The van der Waals surface area contributed by atoms with Crippen molar-refractivity contribution in [2.24, 2.45) is 11.7 Å². The Bertz CT molecular complexity index is 283. The van der Waals surface area contributed by atoms with Crippen molar-refractivity contribution >= 4 is 18.3 Å². The zero-order valence-corrected chi connectivity index (χ0v) is 10.4. The topological polar surface area (TPSA) is 119 Å². The van der Waals surface area contributed by atoms with Crippen molar-refractivity contribution in [3.05, 3.63) is 0 Å². The van der Waals surface area contributed by atoms with E-state index in [2.05, 4.69) is 10.1 Å². The predicted molar refractivity (Wildman–Crippen MR) is 63.7 cm³/mol. The lowest BCUT2D eigenvalue weighted by Crippen LogP contribution is -2.33. The van der Waals surface area contributed by atoms with Gasteiger partial charge in [0.25, 0.3) is 6.47 Å². The number of carboxylic acid groups (broad SMARTS) is 1. The summed E-state index contributed by atoms with van der Waals surface area (Å²) in [7, 11) is 0. The number of hydrogen-bond donors (Lipinski definition) is 3. The van der Waals surface area contributed by atoms with Gasteiger partial charge in [0, 0.05) is 13.0 Å². The summed E-state index contributed by atoms with van der Waals surface area (Å²) in [5, 5.41) is 11.2. The fourth-order valence-corrected chi connectivity index (χ4v) is 1.24. The van der Waals surface area contributed by atoms with Crippen molar-refractivity contribution in [1.29, 1.82) is 0 Å². The van der Waals surface area contributed by atoms with Crippen molar-refractivity contribution in [1.82, 2.24) is 5.32 Å². The van der Waals surface area contributed by atoms with Crippen LogP contribution in [-0.2, 0) is 19.1 Å². The van der Waals surface area contributed by atoms with Crippen LogP contribution in [0.5, 0.6) is 0 Å². The zero-order valence-electron chi connectivity index (χ0n) is 10.4. The summed E-state index contributed by atoms with van der Waals surface area (Å²) < 4.78 is 4.58. The van der Waals surface area contributed by atoms with Crippen LogP contribution in [0.3, 0.4) is 0 Å². The lowest BCUT2D eigenvalue weighted by molar-refractivity contribution is -0.138. The third-order valence-electron chi connectivity index (χ3n) is 2.41. The van der Waals surface area contributed by atoms with Crippen LogP contribution < -0.4 is 11.1 Å². The number of rotatable bonds is 10. The number of amides is 1. The lowest BCUT2D eigenvalue weighted by atomic mass is 10.1. The van der Waals surface area contributed by atoms with Gasteiger partial charge in [0.1, 0.15) is 6.04 Å². The average molecular weight is 260 g/mol. The summed E-state index contributed by atoms with van der Waals surface area (Å²) in [6, 6.07) is -1.00. The summed E-state index contributed by atoms with van der Waals surface area (Å²) >= 11 is 0. The van der Waals surface area contributed by atoms with Crippen LogP contribution in [0.1, 0.15) is 26.2 Å². The van der Waals surface area contributed by atoms with Gasteiger partial charge in [0.05, 0.1) is 6.61 Å². The van der Waals surface area contributed by atoms with Crippen molar-refractivity contribution < 1.29 is 24.2 Å². The van der Waals surface area contributed by atoms with E-state index in [9.17, 15) is 14.4 Å². The van der Waals surface area contributed by atoms with Crippen LogP contribution in [0.4, 0.5) is 0 Å². The standard InChI is InChI=1S/C11H20N2O5/c1-8(6-18-7-14)4-5-13-10(15)3-2-9(12)11(16)17/h7-9H,2-6,12H2,1H3,(H,13,15)(H,16,17)/t8?,9-/m0/s1. The molecule has 0 aromatic carbocycles. The van der Waals surface area contributed by atoms with Crippen molar-refractivity contribution in [3.8, 4) is 0 Å². The number of carboxylic acids is 1. The second-order valence-electron chi connectivity index (χ2n) is 4.16. The Balaban J connectivity index is 3.59. The molecule has 1 unspecified atom stereocenters. The molecule has 0 saturated carbocycles. The Morgan fingerprint density at radius 1 is 1.44 bits per heavy atom. The van der Waals surface area contributed by atoms with Gasteiger partial charge in [-0.3, -0.25) is 14.4 Å². The van der Waals surface area contributed by atoms with E-state index < -0.39 is 12.0 Å². The fourth-order valence-electron chi connectivity index (χ4n) is 1.24.